The molecule has 0 radical (unpaired) electrons. The van der Waals surface area contributed by atoms with Crippen molar-refractivity contribution >= 4 is 5.97 Å². The molecule has 0 saturated heterocycles. The monoisotopic (exact) mass is 245 g/mol. The van der Waals surface area contributed by atoms with Gasteiger partial charge in [0, 0.05) is 18.3 Å². The van der Waals surface area contributed by atoms with Gasteiger partial charge in [-0.2, -0.15) is 0 Å². The summed E-state index contributed by atoms with van der Waals surface area (Å²) in [5.41, 5.74) is 2.48. The Balaban J connectivity index is 2.25. The number of rotatable bonds is 4. The summed E-state index contributed by atoms with van der Waals surface area (Å²) in [7, 11) is 0. The van der Waals surface area contributed by atoms with E-state index in [4.69, 9.17) is 5.11 Å². The van der Waals surface area contributed by atoms with Gasteiger partial charge in [-0.25, -0.2) is 4.98 Å². The summed E-state index contributed by atoms with van der Waals surface area (Å²) >= 11 is 0. The van der Waals surface area contributed by atoms with Gasteiger partial charge in [-0.3, -0.25) is 9.78 Å². The first-order valence-electron chi connectivity index (χ1n) is 5.77. The molecule has 0 saturated carbocycles. The summed E-state index contributed by atoms with van der Waals surface area (Å²) in [6.07, 6.45) is 2.10. The molecule has 5 nitrogen and oxygen atoms in total. The molecular formula is C13H15N3O2. The normalized spacial score (nSPS) is 12.3. The maximum Gasteiger partial charge on any atom is 0.306 e. The molecule has 0 aromatic carbocycles. The summed E-state index contributed by atoms with van der Waals surface area (Å²) in [6, 6.07) is 5.63. The van der Waals surface area contributed by atoms with Crippen molar-refractivity contribution in [3.63, 3.8) is 0 Å². The predicted octanol–water partition coefficient (Wildman–Crippen LogP) is 2.04. The number of carboxylic acids is 1. The maximum absolute atomic E-state index is 10.8. The third kappa shape index (κ3) is 2.56. The van der Waals surface area contributed by atoms with Crippen LogP contribution in [0.25, 0.3) is 11.4 Å². The van der Waals surface area contributed by atoms with E-state index in [2.05, 4.69) is 15.0 Å². The van der Waals surface area contributed by atoms with Crippen LogP contribution in [0, 0.1) is 12.8 Å². The Morgan fingerprint density at radius 1 is 1.50 bits per heavy atom. The Hall–Kier alpha value is -2.17. The van der Waals surface area contributed by atoms with E-state index < -0.39 is 11.9 Å². The standard InChI is InChI=1S/C13H15N3O2/c1-8(13(17)18)7-11-15-9(2)12(16-11)10-5-3-4-6-14-10/h3-6,8H,7H2,1-2H3,(H,15,16)(H,17,18). The molecule has 0 aliphatic heterocycles. The fourth-order valence-corrected chi connectivity index (χ4v) is 1.75. The molecule has 2 N–H and O–H groups in total. The summed E-state index contributed by atoms with van der Waals surface area (Å²) in [5, 5.41) is 8.88. The van der Waals surface area contributed by atoms with Crippen molar-refractivity contribution in [2.45, 2.75) is 20.3 Å². The van der Waals surface area contributed by atoms with Crippen LogP contribution in [0.1, 0.15) is 18.4 Å². The maximum atomic E-state index is 10.8. The van der Waals surface area contributed by atoms with Gasteiger partial charge in [0.15, 0.2) is 0 Å². The van der Waals surface area contributed by atoms with E-state index in [9.17, 15) is 4.79 Å². The lowest BCUT2D eigenvalue weighted by Crippen LogP contribution is -2.13. The van der Waals surface area contributed by atoms with E-state index in [0.717, 1.165) is 17.1 Å². The van der Waals surface area contributed by atoms with E-state index >= 15 is 0 Å². The van der Waals surface area contributed by atoms with Crippen LogP contribution in [0.3, 0.4) is 0 Å². The molecule has 0 bridgehead atoms. The van der Waals surface area contributed by atoms with Gasteiger partial charge >= 0.3 is 5.97 Å². The number of aromatic amines is 1. The molecular weight excluding hydrogens is 230 g/mol. The number of hydrogen-bond donors (Lipinski definition) is 2. The second-order valence-electron chi connectivity index (χ2n) is 4.32. The molecule has 2 aromatic heterocycles. The number of aliphatic carboxylic acids is 1. The topological polar surface area (TPSA) is 78.9 Å². The van der Waals surface area contributed by atoms with Crippen LogP contribution >= 0.6 is 0 Å². The Kier molecular flexibility index (Phi) is 3.41. The van der Waals surface area contributed by atoms with Gasteiger partial charge < -0.3 is 10.1 Å². The molecule has 0 spiro atoms. The molecule has 2 aromatic rings. The van der Waals surface area contributed by atoms with Crippen molar-refractivity contribution in [2.24, 2.45) is 5.92 Å². The third-order valence-electron chi connectivity index (χ3n) is 2.76. The number of aryl methyl sites for hydroxylation is 1. The highest BCUT2D eigenvalue weighted by Gasteiger charge is 2.16. The quantitative estimate of drug-likeness (QED) is 0.864. The van der Waals surface area contributed by atoms with Crippen LogP contribution in [0.15, 0.2) is 24.4 Å². The average Bonchev–Trinajstić information content (AvgIpc) is 2.71. The molecule has 2 rings (SSSR count). The van der Waals surface area contributed by atoms with E-state index in [-0.39, 0.29) is 0 Å². The van der Waals surface area contributed by atoms with E-state index in [0.29, 0.717) is 12.2 Å². The summed E-state index contributed by atoms with van der Waals surface area (Å²) in [5.74, 6) is -0.585. The molecule has 2 heterocycles. The first-order chi connectivity index (χ1) is 8.58. The minimum atomic E-state index is -0.816. The van der Waals surface area contributed by atoms with Crippen molar-refractivity contribution in [1.29, 1.82) is 0 Å². The van der Waals surface area contributed by atoms with Gasteiger partial charge in [-0.05, 0) is 19.1 Å². The SMILES string of the molecule is Cc1[nH]c(CC(C)C(=O)O)nc1-c1ccccn1. The minimum absolute atomic E-state index is 0.392. The number of pyridine rings is 1. The van der Waals surface area contributed by atoms with E-state index in [1.807, 2.05) is 25.1 Å². The largest absolute Gasteiger partial charge is 0.481 e. The predicted molar refractivity (Wildman–Crippen MR) is 67.1 cm³/mol. The molecule has 1 unspecified atom stereocenters. The van der Waals surface area contributed by atoms with Gasteiger partial charge in [-0.15, -0.1) is 0 Å². The number of carbonyl (C=O) groups is 1. The molecule has 18 heavy (non-hydrogen) atoms. The van der Waals surface area contributed by atoms with Gasteiger partial charge in [0.05, 0.1) is 11.6 Å². The lowest BCUT2D eigenvalue weighted by molar-refractivity contribution is -0.141. The van der Waals surface area contributed by atoms with Crippen molar-refractivity contribution < 1.29 is 9.90 Å². The van der Waals surface area contributed by atoms with Gasteiger partial charge in [0.1, 0.15) is 11.5 Å². The van der Waals surface area contributed by atoms with Gasteiger partial charge in [-0.1, -0.05) is 13.0 Å². The fraction of sp³-hybridized carbons (Fsp3) is 0.308. The van der Waals surface area contributed by atoms with Crippen molar-refractivity contribution in [2.75, 3.05) is 0 Å². The van der Waals surface area contributed by atoms with Crippen LogP contribution in [0.5, 0.6) is 0 Å². The van der Waals surface area contributed by atoms with Crippen molar-refractivity contribution in [3.05, 3.63) is 35.9 Å². The minimum Gasteiger partial charge on any atom is -0.481 e. The van der Waals surface area contributed by atoms with E-state index in [1.54, 1.807) is 13.1 Å². The Bertz CT molecular complexity index is 549. The second-order valence-corrected chi connectivity index (χ2v) is 4.32. The molecule has 94 valence electrons. The Labute approximate surface area is 105 Å². The number of nitrogens with zero attached hydrogens (tertiary/aromatic N) is 2. The first kappa shape index (κ1) is 12.3. The summed E-state index contributed by atoms with van der Waals surface area (Å²) < 4.78 is 0. The van der Waals surface area contributed by atoms with Crippen LogP contribution in [-0.2, 0) is 11.2 Å². The molecule has 5 heteroatoms. The fourth-order valence-electron chi connectivity index (χ4n) is 1.75. The van der Waals surface area contributed by atoms with Crippen LogP contribution < -0.4 is 0 Å². The lowest BCUT2D eigenvalue weighted by atomic mass is 10.1. The van der Waals surface area contributed by atoms with Crippen LogP contribution in [-0.4, -0.2) is 26.0 Å². The smallest absolute Gasteiger partial charge is 0.306 e. The van der Waals surface area contributed by atoms with Gasteiger partial charge in [0.2, 0.25) is 0 Å². The number of H-pyrrole nitrogens is 1. The number of nitrogens with one attached hydrogen (secondary N) is 1. The average molecular weight is 245 g/mol. The summed E-state index contributed by atoms with van der Waals surface area (Å²) in [6.45, 7) is 3.58. The van der Waals surface area contributed by atoms with Crippen molar-refractivity contribution in [3.8, 4) is 11.4 Å². The second kappa shape index (κ2) is 5.00. The molecule has 0 amide bonds. The number of hydrogen-bond acceptors (Lipinski definition) is 3. The highest BCUT2D eigenvalue weighted by Crippen LogP contribution is 2.19. The van der Waals surface area contributed by atoms with Gasteiger partial charge in [0.25, 0.3) is 0 Å². The molecule has 1 atom stereocenters. The molecule has 0 aliphatic rings. The number of imidazole rings is 1. The van der Waals surface area contributed by atoms with Crippen molar-refractivity contribution in [1.82, 2.24) is 15.0 Å². The highest BCUT2D eigenvalue weighted by molar-refractivity contribution is 5.69. The number of carboxylic acid groups (broad SMARTS) is 1. The Morgan fingerprint density at radius 2 is 2.28 bits per heavy atom. The first-order valence-corrected chi connectivity index (χ1v) is 5.77. The summed E-state index contributed by atoms with van der Waals surface area (Å²) in [4.78, 5) is 22.6. The zero-order valence-corrected chi connectivity index (χ0v) is 10.3. The molecule has 0 aliphatic carbocycles. The van der Waals surface area contributed by atoms with Crippen LogP contribution in [0.4, 0.5) is 0 Å². The third-order valence-corrected chi connectivity index (χ3v) is 2.76. The zero-order chi connectivity index (χ0) is 13.1. The highest BCUT2D eigenvalue weighted by atomic mass is 16.4. The number of aromatic nitrogens is 3. The zero-order valence-electron chi connectivity index (χ0n) is 10.3. The lowest BCUT2D eigenvalue weighted by Gasteiger charge is -2.01. The van der Waals surface area contributed by atoms with Crippen LogP contribution in [0.2, 0.25) is 0 Å². The Morgan fingerprint density at radius 3 is 2.89 bits per heavy atom. The molecule has 0 fully saturated rings. The van der Waals surface area contributed by atoms with E-state index in [1.165, 1.54) is 0 Å².